The van der Waals surface area contributed by atoms with Crippen LogP contribution in [0, 0.1) is 0 Å². The topological polar surface area (TPSA) is 99.9 Å². The molecule has 0 spiro atoms. The van der Waals surface area contributed by atoms with Gasteiger partial charge in [-0.1, -0.05) is 6.07 Å². The summed E-state index contributed by atoms with van der Waals surface area (Å²) in [5.41, 5.74) is 2.91. The third kappa shape index (κ3) is 7.65. The highest BCUT2D eigenvalue weighted by Crippen LogP contribution is 2.21. The molecule has 0 fully saturated rings. The quantitative estimate of drug-likeness (QED) is 0.668. The number of nitrogens with zero attached hydrogens (tertiary/aromatic N) is 4. The Hall–Kier alpha value is -3.28. The molecule has 2 aromatic rings. The summed E-state index contributed by atoms with van der Waals surface area (Å²) in [5.74, 6) is -2.03. The number of anilines is 1. The van der Waals surface area contributed by atoms with Gasteiger partial charge >= 0.3 is 18.2 Å². The molecule has 9 nitrogen and oxygen atoms in total. The minimum absolute atomic E-state index is 0.0962. The molecule has 1 aromatic heterocycles. The number of benzene rings is 1. The van der Waals surface area contributed by atoms with E-state index >= 15 is 0 Å². The van der Waals surface area contributed by atoms with E-state index < -0.39 is 12.1 Å². The van der Waals surface area contributed by atoms with E-state index in [1.807, 2.05) is 35.5 Å². The average Bonchev–Trinajstić information content (AvgIpc) is 3.00. The van der Waals surface area contributed by atoms with Gasteiger partial charge in [0.15, 0.2) is 0 Å². The number of aliphatic carboxylic acids is 1. The maximum Gasteiger partial charge on any atom is 0.490 e. The number of nitrogens with one attached hydrogen (secondary N) is 1. The van der Waals surface area contributed by atoms with Gasteiger partial charge in [0.1, 0.15) is 5.75 Å². The van der Waals surface area contributed by atoms with Crippen LogP contribution in [0.25, 0.3) is 0 Å². The number of aromatic nitrogens is 2. The molecule has 1 aliphatic rings. The number of carbonyl (C=O) groups is 2. The van der Waals surface area contributed by atoms with E-state index in [1.165, 1.54) is 0 Å². The van der Waals surface area contributed by atoms with Crippen molar-refractivity contribution in [3.05, 3.63) is 42.0 Å². The SMILES string of the molecule is COc1cccc(NC(=O)N2CCCn3cnc(CN(C)C(C)C)c3C2)c1.O=C(O)C(F)(F)F. The fourth-order valence-electron chi connectivity index (χ4n) is 3.14. The van der Waals surface area contributed by atoms with Gasteiger partial charge in [0.25, 0.3) is 0 Å². The number of alkyl halides is 3. The van der Waals surface area contributed by atoms with E-state index in [-0.39, 0.29) is 6.03 Å². The molecule has 188 valence electrons. The number of halogens is 3. The average molecular weight is 486 g/mol. The first-order valence-electron chi connectivity index (χ1n) is 10.7. The van der Waals surface area contributed by atoms with Crippen molar-refractivity contribution in [1.29, 1.82) is 0 Å². The molecule has 0 atom stereocenters. The van der Waals surface area contributed by atoms with E-state index in [0.29, 0.717) is 12.6 Å². The van der Waals surface area contributed by atoms with Crippen LogP contribution in [0.2, 0.25) is 0 Å². The number of hydrogen-bond acceptors (Lipinski definition) is 5. The number of methoxy groups -OCH3 is 1. The molecular formula is C22H30F3N5O4. The molecule has 3 rings (SSSR count). The van der Waals surface area contributed by atoms with Crippen molar-refractivity contribution in [2.45, 2.75) is 52.1 Å². The number of carboxylic acid groups (broad SMARTS) is 1. The lowest BCUT2D eigenvalue weighted by atomic mass is 10.2. The van der Waals surface area contributed by atoms with Gasteiger partial charge in [-0.05, 0) is 39.4 Å². The summed E-state index contributed by atoms with van der Waals surface area (Å²) >= 11 is 0. The Kier molecular flexibility index (Phi) is 9.30. The van der Waals surface area contributed by atoms with Crippen LogP contribution in [-0.2, 0) is 24.4 Å². The van der Waals surface area contributed by atoms with Crippen molar-refractivity contribution in [1.82, 2.24) is 19.4 Å². The van der Waals surface area contributed by atoms with Gasteiger partial charge < -0.3 is 24.6 Å². The number of hydrogen-bond donors (Lipinski definition) is 2. The number of aryl methyl sites for hydroxylation is 1. The molecule has 0 saturated carbocycles. The first kappa shape index (κ1) is 27.0. The molecule has 2 amide bonds. The largest absolute Gasteiger partial charge is 0.497 e. The second-order valence-corrected chi connectivity index (χ2v) is 8.08. The van der Waals surface area contributed by atoms with Crippen molar-refractivity contribution in [3.63, 3.8) is 0 Å². The van der Waals surface area contributed by atoms with Gasteiger partial charge in [0.2, 0.25) is 0 Å². The van der Waals surface area contributed by atoms with Crippen LogP contribution >= 0.6 is 0 Å². The maximum atomic E-state index is 12.8. The highest BCUT2D eigenvalue weighted by Gasteiger charge is 2.38. The zero-order valence-corrected chi connectivity index (χ0v) is 19.6. The molecule has 1 aliphatic heterocycles. The standard InChI is InChI=1S/C20H29N5O2.C2HF3O2/c1-15(2)23(3)12-18-19-13-24(9-6-10-25(19)14-21-18)20(26)22-16-7-5-8-17(11-16)27-4;3-2(4,5)1(6)7/h5,7-8,11,14-15H,6,9-10,12-13H2,1-4H3,(H,22,26);(H,6,7). The Labute approximate surface area is 196 Å². The zero-order chi connectivity index (χ0) is 25.5. The number of ether oxygens (including phenoxy) is 1. The van der Waals surface area contributed by atoms with Crippen LogP contribution in [0.1, 0.15) is 31.7 Å². The van der Waals surface area contributed by atoms with Crippen LogP contribution < -0.4 is 10.1 Å². The van der Waals surface area contributed by atoms with Crippen molar-refractivity contribution < 1.29 is 32.6 Å². The smallest absolute Gasteiger partial charge is 0.490 e. The summed E-state index contributed by atoms with van der Waals surface area (Å²) in [6, 6.07) is 7.76. The zero-order valence-electron chi connectivity index (χ0n) is 19.6. The molecule has 2 heterocycles. The summed E-state index contributed by atoms with van der Waals surface area (Å²) < 4.78 is 39.1. The fraction of sp³-hybridized carbons (Fsp3) is 0.500. The predicted octanol–water partition coefficient (Wildman–Crippen LogP) is 3.80. The Bertz CT molecular complexity index is 978. The Morgan fingerprint density at radius 2 is 1.97 bits per heavy atom. The third-order valence-electron chi connectivity index (χ3n) is 5.33. The summed E-state index contributed by atoms with van der Waals surface area (Å²) in [4.78, 5) is 30.5. The van der Waals surface area contributed by atoms with Crippen LogP contribution in [0.5, 0.6) is 5.75 Å². The lowest BCUT2D eigenvalue weighted by Crippen LogP contribution is -2.35. The molecule has 34 heavy (non-hydrogen) atoms. The molecule has 0 radical (unpaired) electrons. The predicted molar refractivity (Wildman–Crippen MR) is 120 cm³/mol. The van der Waals surface area contributed by atoms with Gasteiger partial charge in [-0.2, -0.15) is 13.2 Å². The lowest BCUT2D eigenvalue weighted by molar-refractivity contribution is -0.192. The maximum absolute atomic E-state index is 12.8. The first-order valence-corrected chi connectivity index (χ1v) is 10.7. The molecular weight excluding hydrogens is 455 g/mol. The van der Waals surface area contributed by atoms with E-state index in [4.69, 9.17) is 14.6 Å². The molecule has 0 unspecified atom stereocenters. The van der Waals surface area contributed by atoms with Crippen molar-refractivity contribution in [2.75, 3.05) is 26.0 Å². The molecule has 0 bridgehead atoms. The van der Waals surface area contributed by atoms with Crippen LogP contribution in [0.15, 0.2) is 30.6 Å². The van der Waals surface area contributed by atoms with Gasteiger partial charge in [-0.25, -0.2) is 14.6 Å². The van der Waals surface area contributed by atoms with Crippen molar-refractivity contribution in [3.8, 4) is 5.75 Å². The molecule has 1 aromatic carbocycles. The molecule has 0 aliphatic carbocycles. The van der Waals surface area contributed by atoms with Crippen LogP contribution in [0.3, 0.4) is 0 Å². The molecule has 2 N–H and O–H groups in total. The Balaban J connectivity index is 0.000000509. The summed E-state index contributed by atoms with van der Waals surface area (Å²) in [7, 11) is 3.72. The van der Waals surface area contributed by atoms with E-state index in [2.05, 4.69) is 40.7 Å². The van der Waals surface area contributed by atoms with Gasteiger partial charge in [-0.15, -0.1) is 0 Å². The summed E-state index contributed by atoms with van der Waals surface area (Å²) in [5, 5.41) is 10.1. The first-order chi connectivity index (χ1) is 15.9. The highest BCUT2D eigenvalue weighted by molar-refractivity contribution is 5.89. The second-order valence-electron chi connectivity index (χ2n) is 8.08. The number of carboxylic acids is 1. The van der Waals surface area contributed by atoms with Crippen molar-refractivity contribution >= 4 is 17.7 Å². The number of fused-ring (bicyclic) bond motifs is 1. The van der Waals surface area contributed by atoms with Gasteiger partial charge in [-0.3, -0.25) is 4.90 Å². The number of carbonyl (C=O) groups excluding carboxylic acids is 1. The monoisotopic (exact) mass is 485 g/mol. The van der Waals surface area contributed by atoms with Crippen molar-refractivity contribution in [2.24, 2.45) is 0 Å². The molecule has 12 heteroatoms. The van der Waals surface area contributed by atoms with Gasteiger partial charge in [0.05, 0.1) is 31.4 Å². The second kappa shape index (κ2) is 11.7. The third-order valence-corrected chi connectivity index (χ3v) is 5.33. The minimum Gasteiger partial charge on any atom is -0.497 e. The molecule has 0 saturated heterocycles. The lowest BCUT2D eigenvalue weighted by Gasteiger charge is -2.23. The number of urea groups is 1. The van der Waals surface area contributed by atoms with Crippen LogP contribution in [0.4, 0.5) is 23.7 Å². The summed E-state index contributed by atoms with van der Waals surface area (Å²) in [6.45, 7) is 7.29. The van der Waals surface area contributed by atoms with E-state index in [9.17, 15) is 18.0 Å². The summed E-state index contributed by atoms with van der Waals surface area (Å²) in [6.07, 6.45) is -2.27. The minimum atomic E-state index is -5.08. The number of imidazole rings is 1. The van der Waals surface area contributed by atoms with Gasteiger partial charge in [0, 0.05) is 37.4 Å². The fourth-order valence-corrected chi connectivity index (χ4v) is 3.14. The van der Waals surface area contributed by atoms with E-state index in [0.717, 1.165) is 48.9 Å². The number of rotatable bonds is 5. The normalized spacial score (nSPS) is 13.6. The van der Waals surface area contributed by atoms with E-state index in [1.54, 1.807) is 7.11 Å². The van der Waals surface area contributed by atoms with Crippen LogP contribution in [-0.4, -0.2) is 69.4 Å². The highest BCUT2D eigenvalue weighted by atomic mass is 19.4. The number of amides is 2. The Morgan fingerprint density at radius 3 is 2.56 bits per heavy atom. The Morgan fingerprint density at radius 1 is 1.29 bits per heavy atom.